The van der Waals surface area contributed by atoms with Gasteiger partial charge in [-0.1, -0.05) is 6.92 Å². The average molecular weight is 326 g/mol. The molecule has 1 aliphatic carbocycles. The number of carboxylic acids is 1. The van der Waals surface area contributed by atoms with E-state index in [4.69, 9.17) is 9.84 Å². The first-order chi connectivity index (χ1) is 10.8. The highest BCUT2D eigenvalue weighted by Gasteiger charge is 2.28. The summed E-state index contributed by atoms with van der Waals surface area (Å²) in [4.78, 5) is 34.7. The standard InChI is InChI=1S/C18H30O5/c1-4-18(2,3)17(22)23-11-5-6-15(19)12-13-7-9-14(10-8-13)16(20)21/h13-14H,4-12H2,1-3H3,(H,20,21). The van der Waals surface area contributed by atoms with E-state index in [1.54, 1.807) is 0 Å². The van der Waals surface area contributed by atoms with Gasteiger partial charge in [-0.05, 0) is 58.3 Å². The molecule has 1 saturated carbocycles. The van der Waals surface area contributed by atoms with E-state index in [0.717, 1.165) is 19.3 Å². The van der Waals surface area contributed by atoms with Crippen LogP contribution in [0.25, 0.3) is 0 Å². The number of rotatable bonds is 9. The van der Waals surface area contributed by atoms with E-state index in [9.17, 15) is 14.4 Å². The Morgan fingerprint density at radius 2 is 1.74 bits per heavy atom. The van der Waals surface area contributed by atoms with Crippen LogP contribution in [0.2, 0.25) is 0 Å². The molecule has 0 unspecified atom stereocenters. The molecule has 5 heteroatoms. The van der Waals surface area contributed by atoms with Crippen molar-refractivity contribution in [2.24, 2.45) is 17.3 Å². The van der Waals surface area contributed by atoms with Gasteiger partial charge in [0.15, 0.2) is 0 Å². The van der Waals surface area contributed by atoms with E-state index in [-0.39, 0.29) is 17.7 Å². The topological polar surface area (TPSA) is 80.7 Å². The minimum absolute atomic E-state index is 0.189. The van der Waals surface area contributed by atoms with Crippen molar-refractivity contribution in [1.82, 2.24) is 0 Å². The van der Waals surface area contributed by atoms with Gasteiger partial charge in [-0.25, -0.2) is 0 Å². The quantitative estimate of drug-likeness (QED) is 0.517. The van der Waals surface area contributed by atoms with Gasteiger partial charge in [-0.3, -0.25) is 14.4 Å². The van der Waals surface area contributed by atoms with Crippen molar-refractivity contribution in [1.29, 1.82) is 0 Å². The largest absolute Gasteiger partial charge is 0.481 e. The minimum atomic E-state index is -0.716. The Hall–Kier alpha value is -1.39. The first-order valence-corrected chi connectivity index (χ1v) is 8.68. The number of carbonyl (C=O) groups excluding carboxylic acids is 2. The van der Waals surface area contributed by atoms with Crippen LogP contribution in [0.4, 0.5) is 0 Å². The van der Waals surface area contributed by atoms with Crippen LogP contribution in [0, 0.1) is 17.3 Å². The van der Waals surface area contributed by atoms with E-state index >= 15 is 0 Å². The fraction of sp³-hybridized carbons (Fsp3) is 0.833. The van der Waals surface area contributed by atoms with Crippen molar-refractivity contribution in [3.63, 3.8) is 0 Å². The van der Waals surface area contributed by atoms with Crippen LogP contribution in [0.5, 0.6) is 0 Å². The second kappa shape index (κ2) is 9.04. The number of ketones is 1. The molecule has 0 aromatic carbocycles. The Kier molecular flexibility index (Phi) is 7.73. The number of Topliss-reactive ketones (excluding diaryl/α,β-unsaturated/α-hetero) is 1. The average Bonchev–Trinajstić information content (AvgIpc) is 2.51. The summed E-state index contributed by atoms with van der Waals surface area (Å²) in [5.41, 5.74) is -0.465. The maximum atomic E-state index is 12.0. The molecule has 132 valence electrons. The van der Waals surface area contributed by atoms with Gasteiger partial charge < -0.3 is 9.84 Å². The van der Waals surface area contributed by atoms with Gasteiger partial charge in [0, 0.05) is 12.8 Å². The summed E-state index contributed by atoms with van der Waals surface area (Å²) in [5, 5.41) is 8.96. The molecule has 1 rings (SSSR count). The molecule has 0 radical (unpaired) electrons. The highest BCUT2D eigenvalue weighted by atomic mass is 16.5. The second-order valence-corrected chi connectivity index (χ2v) is 7.28. The predicted octanol–water partition coefficient (Wildman–Crippen LogP) is 3.60. The summed E-state index contributed by atoms with van der Waals surface area (Å²) < 4.78 is 5.22. The third-order valence-electron chi connectivity index (χ3n) is 4.98. The van der Waals surface area contributed by atoms with Crippen molar-refractivity contribution in [3.8, 4) is 0 Å². The van der Waals surface area contributed by atoms with Gasteiger partial charge in [0.2, 0.25) is 0 Å². The lowest BCUT2D eigenvalue weighted by molar-refractivity contribution is -0.154. The van der Waals surface area contributed by atoms with Crippen LogP contribution in [0.15, 0.2) is 0 Å². The zero-order chi connectivity index (χ0) is 17.5. The van der Waals surface area contributed by atoms with Crippen molar-refractivity contribution < 1.29 is 24.2 Å². The van der Waals surface area contributed by atoms with Crippen molar-refractivity contribution in [2.45, 2.75) is 72.1 Å². The molecule has 23 heavy (non-hydrogen) atoms. The van der Waals surface area contributed by atoms with Gasteiger partial charge in [-0.2, -0.15) is 0 Å². The summed E-state index contributed by atoms with van der Waals surface area (Å²) >= 11 is 0. The fourth-order valence-corrected chi connectivity index (χ4v) is 2.81. The molecule has 1 fully saturated rings. The van der Waals surface area contributed by atoms with Gasteiger partial charge in [0.05, 0.1) is 17.9 Å². The highest BCUT2D eigenvalue weighted by Crippen LogP contribution is 2.31. The highest BCUT2D eigenvalue weighted by molar-refractivity contribution is 5.79. The maximum Gasteiger partial charge on any atom is 0.311 e. The van der Waals surface area contributed by atoms with Crippen LogP contribution >= 0.6 is 0 Å². The van der Waals surface area contributed by atoms with Crippen LogP contribution in [0.3, 0.4) is 0 Å². The Bertz CT molecular complexity index is 419. The molecular weight excluding hydrogens is 296 g/mol. The van der Waals surface area contributed by atoms with Crippen LogP contribution < -0.4 is 0 Å². The molecule has 0 saturated heterocycles. The van der Waals surface area contributed by atoms with E-state index in [1.807, 2.05) is 20.8 Å². The Labute approximate surface area is 138 Å². The smallest absolute Gasteiger partial charge is 0.311 e. The Morgan fingerprint density at radius 3 is 2.26 bits per heavy atom. The van der Waals surface area contributed by atoms with Crippen LogP contribution in [-0.4, -0.2) is 29.4 Å². The number of carbonyl (C=O) groups is 3. The summed E-state index contributed by atoms with van der Waals surface area (Å²) in [6, 6.07) is 0. The molecule has 0 amide bonds. The Balaban J connectivity index is 2.16. The Morgan fingerprint density at radius 1 is 1.13 bits per heavy atom. The zero-order valence-electron chi connectivity index (χ0n) is 14.6. The van der Waals surface area contributed by atoms with E-state index in [0.29, 0.717) is 44.6 Å². The third kappa shape index (κ3) is 6.71. The van der Waals surface area contributed by atoms with Crippen molar-refractivity contribution in [2.75, 3.05) is 6.61 Å². The second-order valence-electron chi connectivity index (χ2n) is 7.28. The summed E-state index contributed by atoms with van der Waals surface area (Å²) in [6.45, 7) is 5.95. The molecule has 0 aromatic heterocycles. The third-order valence-corrected chi connectivity index (χ3v) is 4.98. The normalized spacial score (nSPS) is 21.7. The lowest BCUT2D eigenvalue weighted by Crippen LogP contribution is -2.26. The number of hydrogen-bond acceptors (Lipinski definition) is 4. The fourth-order valence-electron chi connectivity index (χ4n) is 2.81. The molecule has 5 nitrogen and oxygen atoms in total. The first kappa shape index (κ1) is 19.7. The van der Waals surface area contributed by atoms with Gasteiger partial charge in [-0.15, -0.1) is 0 Å². The number of hydrogen-bond donors (Lipinski definition) is 1. The monoisotopic (exact) mass is 326 g/mol. The number of carboxylic acid groups (broad SMARTS) is 1. The molecular formula is C18H30O5. The van der Waals surface area contributed by atoms with E-state index in [2.05, 4.69) is 0 Å². The van der Waals surface area contributed by atoms with Gasteiger partial charge in [0.1, 0.15) is 5.78 Å². The van der Waals surface area contributed by atoms with Crippen LogP contribution in [0.1, 0.15) is 72.1 Å². The van der Waals surface area contributed by atoms with E-state index in [1.165, 1.54) is 0 Å². The predicted molar refractivity (Wildman–Crippen MR) is 87.0 cm³/mol. The van der Waals surface area contributed by atoms with Gasteiger partial charge >= 0.3 is 11.9 Å². The minimum Gasteiger partial charge on any atom is -0.481 e. The molecule has 1 N–H and O–H groups in total. The van der Waals surface area contributed by atoms with Crippen molar-refractivity contribution >= 4 is 17.7 Å². The zero-order valence-corrected chi connectivity index (χ0v) is 14.6. The van der Waals surface area contributed by atoms with Crippen molar-refractivity contribution in [3.05, 3.63) is 0 Å². The SMILES string of the molecule is CCC(C)(C)C(=O)OCCCC(=O)CC1CCC(C(=O)O)CC1. The molecule has 0 aliphatic heterocycles. The molecule has 0 heterocycles. The van der Waals surface area contributed by atoms with E-state index < -0.39 is 11.4 Å². The van der Waals surface area contributed by atoms with Gasteiger partial charge in [0.25, 0.3) is 0 Å². The molecule has 1 aliphatic rings. The summed E-state index contributed by atoms with van der Waals surface area (Å²) in [5.74, 6) is -0.650. The van der Waals surface area contributed by atoms with Crippen LogP contribution in [-0.2, 0) is 19.1 Å². The maximum absolute atomic E-state index is 12.0. The first-order valence-electron chi connectivity index (χ1n) is 8.68. The lowest BCUT2D eigenvalue weighted by Gasteiger charge is -2.25. The molecule has 0 spiro atoms. The summed E-state index contributed by atoms with van der Waals surface area (Å²) in [7, 11) is 0. The molecule has 0 bridgehead atoms. The number of ether oxygens (including phenoxy) is 1. The number of esters is 1. The lowest BCUT2D eigenvalue weighted by atomic mass is 9.79. The summed E-state index contributed by atoms with van der Waals surface area (Å²) in [6.07, 6.45) is 5.25. The molecule has 0 atom stereocenters. The number of aliphatic carboxylic acids is 1. The molecule has 0 aromatic rings.